The van der Waals surface area contributed by atoms with Crippen LogP contribution < -0.4 is 10.6 Å². The smallest absolute Gasteiger partial charge is 0.408 e. The third kappa shape index (κ3) is 8.46. The Morgan fingerprint density at radius 1 is 1.20 bits per heavy atom. The van der Waals surface area contributed by atoms with Crippen LogP contribution >= 0.6 is 12.6 Å². The van der Waals surface area contributed by atoms with Crippen LogP contribution in [0.15, 0.2) is 18.2 Å². The Labute approximate surface area is 214 Å². The fourth-order valence-corrected chi connectivity index (χ4v) is 4.57. The van der Waals surface area contributed by atoms with Gasteiger partial charge in [-0.15, -0.1) is 0 Å². The van der Waals surface area contributed by atoms with Crippen molar-refractivity contribution in [2.45, 2.75) is 90.4 Å². The normalized spacial score (nSPS) is 15.9. The van der Waals surface area contributed by atoms with Crippen LogP contribution in [0.2, 0.25) is 0 Å². The van der Waals surface area contributed by atoms with Gasteiger partial charge in [-0.25, -0.2) is 4.79 Å². The van der Waals surface area contributed by atoms with Gasteiger partial charge in [-0.05, 0) is 58.6 Å². The Hall–Kier alpha value is -2.73. The maximum absolute atomic E-state index is 13.6. The van der Waals surface area contributed by atoms with Crippen LogP contribution in [0, 0.1) is 25.2 Å². The molecule has 2 rings (SSSR count). The molecule has 2 unspecified atom stereocenters. The van der Waals surface area contributed by atoms with Crippen molar-refractivity contribution in [3.05, 3.63) is 34.9 Å². The topological polar surface area (TPSA) is 112 Å². The average molecular weight is 503 g/mol. The number of carbonyl (C=O) groups excluding carboxylic acids is 3. The molecule has 2 N–H and O–H groups in total. The molecule has 1 aliphatic rings. The van der Waals surface area contributed by atoms with Gasteiger partial charge < -0.3 is 20.3 Å². The van der Waals surface area contributed by atoms with Gasteiger partial charge in [0.15, 0.2) is 0 Å². The lowest BCUT2D eigenvalue weighted by molar-refractivity contribution is -0.141. The summed E-state index contributed by atoms with van der Waals surface area (Å²) in [5, 5.41) is 15.2. The van der Waals surface area contributed by atoms with Crippen LogP contribution in [-0.4, -0.2) is 52.8 Å². The summed E-state index contributed by atoms with van der Waals surface area (Å²) >= 11 is 4.25. The van der Waals surface area contributed by atoms with E-state index in [1.807, 2.05) is 38.1 Å². The zero-order chi connectivity index (χ0) is 26.2. The van der Waals surface area contributed by atoms with Crippen molar-refractivity contribution in [3.8, 4) is 6.07 Å². The number of aryl methyl sites for hydroxylation is 2. The van der Waals surface area contributed by atoms with Gasteiger partial charge in [0.05, 0.1) is 6.07 Å². The van der Waals surface area contributed by atoms with Gasteiger partial charge in [-0.1, -0.05) is 43.0 Å². The van der Waals surface area contributed by atoms with E-state index in [4.69, 9.17) is 4.74 Å². The first kappa shape index (κ1) is 28.5. The van der Waals surface area contributed by atoms with Crippen LogP contribution in [0.25, 0.3) is 0 Å². The van der Waals surface area contributed by atoms with E-state index in [2.05, 4.69) is 23.3 Å². The van der Waals surface area contributed by atoms with Gasteiger partial charge in [0.1, 0.15) is 24.2 Å². The lowest BCUT2D eigenvalue weighted by Gasteiger charge is -2.34. The van der Waals surface area contributed by atoms with Crippen LogP contribution in [0.4, 0.5) is 4.79 Å². The predicted octanol–water partition coefficient (Wildman–Crippen LogP) is 3.97. The molecule has 1 aromatic carbocycles. The number of nitriles is 1. The van der Waals surface area contributed by atoms with Gasteiger partial charge in [0.25, 0.3) is 0 Å². The summed E-state index contributed by atoms with van der Waals surface area (Å²) in [6.45, 7) is 8.67. The number of alkyl carbamates (subject to hydrolysis) is 1. The number of carbonyl (C=O) groups is 3. The van der Waals surface area contributed by atoms with Crippen molar-refractivity contribution in [1.29, 1.82) is 5.26 Å². The summed E-state index contributed by atoms with van der Waals surface area (Å²) < 4.78 is 5.29. The Bertz CT molecular complexity index is 948. The van der Waals surface area contributed by atoms with E-state index in [1.54, 1.807) is 20.8 Å². The molecule has 35 heavy (non-hydrogen) atoms. The van der Waals surface area contributed by atoms with E-state index in [0.29, 0.717) is 5.56 Å². The number of thiol groups is 1. The van der Waals surface area contributed by atoms with Gasteiger partial charge in [0.2, 0.25) is 11.8 Å². The number of ether oxygens (including phenoxy) is 1. The number of nitrogens with zero attached hydrogens (tertiary/aromatic N) is 2. The molecule has 9 heteroatoms. The van der Waals surface area contributed by atoms with Crippen molar-refractivity contribution in [3.63, 3.8) is 0 Å². The zero-order valence-corrected chi connectivity index (χ0v) is 22.3. The third-order valence-electron chi connectivity index (χ3n) is 5.93. The molecule has 1 saturated carbocycles. The van der Waals surface area contributed by atoms with E-state index >= 15 is 0 Å². The Morgan fingerprint density at radius 2 is 1.86 bits per heavy atom. The first-order chi connectivity index (χ1) is 16.5. The lowest BCUT2D eigenvalue weighted by atomic mass is 9.93. The molecule has 1 aromatic rings. The summed E-state index contributed by atoms with van der Waals surface area (Å²) in [5.41, 5.74) is 1.76. The second-order valence-electron chi connectivity index (χ2n) is 10.1. The van der Waals surface area contributed by atoms with Crippen molar-refractivity contribution >= 4 is 30.5 Å². The number of rotatable bonds is 8. The van der Waals surface area contributed by atoms with Crippen molar-refractivity contribution in [1.82, 2.24) is 15.5 Å². The SMILES string of the molecule is Cc1ccc(C(C(=O)NC2CCCCC2)N(CC#N)C(=O)C(CS)NC(=O)OC(C)(C)C)c(C)c1. The maximum Gasteiger partial charge on any atom is 0.408 e. The van der Waals surface area contributed by atoms with Crippen LogP contribution in [-0.2, 0) is 14.3 Å². The number of benzene rings is 1. The molecule has 8 nitrogen and oxygen atoms in total. The monoisotopic (exact) mass is 502 g/mol. The van der Waals surface area contributed by atoms with Crippen molar-refractivity contribution < 1.29 is 19.1 Å². The first-order valence-corrected chi connectivity index (χ1v) is 12.8. The molecule has 0 saturated heterocycles. The molecule has 192 valence electrons. The summed E-state index contributed by atoms with van der Waals surface area (Å²) in [5.74, 6) is -0.928. The molecule has 0 aliphatic heterocycles. The van der Waals surface area contributed by atoms with E-state index in [9.17, 15) is 19.6 Å². The fourth-order valence-electron chi connectivity index (χ4n) is 4.32. The Balaban J connectivity index is 2.41. The molecule has 1 aliphatic carbocycles. The van der Waals surface area contributed by atoms with Crippen molar-refractivity contribution in [2.24, 2.45) is 0 Å². The van der Waals surface area contributed by atoms with Crippen LogP contribution in [0.1, 0.15) is 75.6 Å². The summed E-state index contributed by atoms with van der Waals surface area (Å²) in [4.78, 5) is 40.9. The molecule has 3 amide bonds. The van der Waals surface area contributed by atoms with Crippen LogP contribution in [0.5, 0.6) is 0 Å². The molecule has 1 fully saturated rings. The largest absolute Gasteiger partial charge is 0.444 e. The molecular formula is C26H38N4O4S. The quantitative estimate of drug-likeness (QED) is 0.368. The van der Waals surface area contributed by atoms with E-state index < -0.39 is 29.7 Å². The van der Waals surface area contributed by atoms with Gasteiger partial charge >= 0.3 is 6.09 Å². The highest BCUT2D eigenvalue weighted by molar-refractivity contribution is 7.80. The van der Waals surface area contributed by atoms with E-state index in [-0.39, 0.29) is 24.2 Å². The number of nitrogens with one attached hydrogen (secondary N) is 2. The minimum atomic E-state index is -1.07. The number of hydrogen-bond acceptors (Lipinski definition) is 6. The Morgan fingerprint density at radius 3 is 2.40 bits per heavy atom. The van der Waals surface area contributed by atoms with Gasteiger partial charge in [0, 0.05) is 11.8 Å². The average Bonchev–Trinajstić information content (AvgIpc) is 2.77. The Kier molecular flexibility index (Phi) is 10.4. The second kappa shape index (κ2) is 12.8. The summed E-state index contributed by atoms with van der Waals surface area (Å²) in [6, 6.07) is 5.60. The molecule has 0 spiro atoms. The van der Waals surface area contributed by atoms with E-state index in [0.717, 1.165) is 43.2 Å². The third-order valence-corrected chi connectivity index (χ3v) is 6.29. The molecule has 0 bridgehead atoms. The fraction of sp³-hybridized carbons (Fsp3) is 0.615. The highest BCUT2D eigenvalue weighted by Gasteiger charge is 2.37. The van der Waals surface area contributed by atoms with Gasteiger partial charge in [-0.3, -0.25) is 9.59 Å². The highest BCUT2D eigenvalue weighted by atomic mass is 32.1. The standard InChI is InChI=1S/C26H38N4O4S/c1-17-11-12-20(18(2)15-17)22(23(31)28-19-9-7-6-8-10-19)30(14-13-27)24(32)21(16-35)29-25(33)34-26(3,4)5/h11-12,15,19,21-22,35H,6-10,14,16H2,1-5H3,(H,28,31)(H,29,33). The lowest BCUT2D eigenvalue weighted by Crippen LogP contribution is -2.54. The van der Waals surface area contributed by atoms with Crippen molar-refractivity contribution in [2.75, 3.05) is 12.3 Å². The highest BCUT2D eigenvalue weighted by Crippen LogP contribution is 2.27. The zero-order valence-electron chi connectivity index (χ0n) is 21.4. The molecule has 0 radical (unpaired) electrons. The molecular weight excluding hydrogens is 464 g/mol. The first-order valence-electron chi connectivity index (χ1n) is 12.1. The predicted molar refractivity (Wildman–Crippen MR) is 138 cm³/mol. The van der Waals surface area contributed by atoms with Gasteiger partial charge in [-0.2, -0.15) is 17.9 Å². The minimum Gasteiger partial charge on any atom is -0.444 e. The maximum atomic E-state index is 13.6. The molecule has 2 atom stereocenters. The number of amides is 3. The minimum absolute atomic E-state index is 0.0240. The molecule has 0 heterocycles. The molecule has 0 aromatic heterocycles. The second-order valence-corrected chi connectivity index (χ2v) is 10.5. The van der Waals surface area contributed by atoms with Crippen LogP contribution in [0.3, 0.4) is 0 Å². The van der Waals surface area contributed by atoms with E-state index in [1.165, 1.54) is 4.90 Å². The summed E-state index contributed by atoms with van der Waals surface area (Å²) in [7, 11) is 0. The summed E-state index contributed by atoms with van der Waals surface area (Å²) in [6.07, 6.45) is 4.24. The number of hydrogen-bond donors (Lipinski definition) is 3.